The Morgan fingerprint density at radius 2 is 1.67 bits per heavy atom. The van der Waals surface area contributed by atoms with Crippen molar-refractivity contribution in [3.63, 3.8) is 0 Å². The van der Waals surface area contributed by atoms with Crippen LogP contribution in [0.2, 0.25) is 0 Å². The number of carbonyl (C=O) groups is 2. The first-order valence-corrected chi connectivity index (χ1v) is 15.1. The number of hydrogen-bond acceptors (Lipinski definition) is 6. The second-order valence-electron chi connectivity index (χ2n) is 10.9. The molecule has 0 radical (unpaired) electrons. The Labute approximate surface area is 262 Å². The van der Waals surface area contributed by atoms with Crippen LogP contribution in [0.5, 0.6) is 5.75 Å². The van der Waals surface area contributed by atoms with E-state index in [1.54, 1.807) is 0 Å². The van der Waals surface area contributed by atoms with Gasteiger partial charge in [-0.2, -0.15) is 4.99 Å². The number of hydrogen-bond donors (Lipinski definition) is 1. The third-order valence-electron chi connectivity index (χ3n) is 7.44. The Hall–Kier alpha value is -4.65. The quantitative estimate of drug-likeness (QED) is 0.232. The van der Waals surface area contributed by atoms with Crippen LogP contribution < -0.4 is 15.0 Å². The van der Waals surface area contributed by atoms with E-state index in [4.69, 9.17) is 0 Å². The van der Waals surface area contributed by atoms with Crippen molar-refractivity contribution >= 4 is 34.6 Å². The molecule has 0 spiro atoms. The highest BCUT2D eigenvalue weighted by Gasteiger charge is 2.33. The van der Waals surface area contributed by atoms with Gasteiger partial charge in [0.25, 0.3) is 0 Å². The number of urea groups is 1. The molecule has 2 atom stereocenters. The number of thioether (sulfide) groups is 1. The van der Waals surface area contributed by atoms with Crippen molar-refractivity contribution in [3.05, 3.63) is 89.2 Å². The average molecular weight is 637 g/mol. The molecular weight excluding hydrogens is 605 g/mol. The van der Waals surface area contributed by atoms with E-state index < -0.39 is 12.4 Å². The molecule has 1 N–H and O–H groups in total. The summed E-state index contributed by atoms with van der Waals surface area (Å²) >= 11 is 1.24. The Kier molecular flexibility index (Phi) is 9.01. The second kappa shape index (κ2) is 12.8. The van der Waals surface area contributed by atoms with Gasteiger partial charge in [0.05, 0.1) is 17.1 Å². The van der Waals surface area contributed by atoms with Gasteiger partial charge in [0.1, 0.15) is 12.1 Å². The summed E-state index contributed by atoms with van der Waals surface area (Å²) in [6.07, 6.45) is -3.29. The number of anilines is 1. The second-order valence-corrected chi connectivity index (χ2v) is 11.8. The van der Waals surface area contributed by atoms with Crippen LogP contribution in [0.3, 0.4) is 0 Å². The van der Waals surface area contributed by atoms with Crippen LogP contribution >= 0.6 is 11.8 Å². The van der Waals surface area contributed by atoms with Crippen molar-refractivity contribution < 1.29 is 27.5 Å². The number of ether oxygens (including phenoxy) is 1. The number of aryl methyl sites for hydroxylation is 3. The van der Waals surface area contributed by atoms with Crippen LogP contribution in [0.25, 0.3) is 17.1 Å². The highest BCUT2D eigenvalue weighted by Crippen LogP contribution is 2.33. The number of carbonyl (C=O) groups excluding carboxylic acids is 2. The molecule has 4 aromatic rings. The SMILES string of the molecule is Cc1cc(C)c(N2C(=O)CS/C2=N\C(=O)NC(C)C(C)c2ccc(-c3ncn(-c4ccc(OC(F)(F)F)cc4)n3)cc2)c(C)c1. The molecule has 9 nitrogen and oxygen atoms in total. The molecule has 3 aromatic carbocycles. The van der Waals surface area contributed by atoms with Crippen molar-refractivity contribution in [2.24, 2.45) is 4.99 Å². The van der Waals surface area contributed by atoms with Crippen LogP contribution in [0, 0.1) is 20.8 Å². The summed E-state index contributed by atoms with van der Waals surface area (Å²) in [5, 5.41) is 7.74. The molecule has 2 unspecified atom stereocenters. The molecule has 1 aliphatic heterocycles. The molecule has 1 aliphatic rings. The van der Waals surface area contributed by atoms with Gasteiger partial charge in [0.2, 0.25) is 5.91 Å². The monoisotopic (exact) mass is 636 g/mol. The highest BCUT2D eigenvalue weighted by atomic mass is 32.2. The van der Waals surface area contributed by atoms with Crippen molar-refractivity contribution in [3.8, 4) is 22.8 Å². The first-order valence-electron chi connectivity index (χ1n) is 14.1. The van der Waals surface area contributed by atoms with E-state index in [0.717, 1.165) is 33.5 Å². The van der Waals surface area contributed by atoms with Crippen LogP contribution in [0.15, 0.2) is 72.0 Å². The van der Waals surface area contributed by atoms with Crippen molar-refractivity contribution in [2.45, 2.75) is 52.9 Å². The molecule has 0 saturated carbocycles. The van der Waals surface area contributed by atoms with Gasteiger partial charge in [0.15, 0.2) is 11.0 Å². The number of amides is 3. The highest BCUT2D eigenvalue weighted by molar-refractivity contribution is 8.15. The maximum absolute atomic E-state index is 13.0. The number of nitrogens with one attached hydrogen (secondary N) is 1. The summed E-state index contributed by atoms with van der Waals surface area (Å²) in [4.78, 5) is 35.9. The van der Waals surface area contributed by atoms with E-state index in [1.807, 2.05) is 71.0 Å². The minimum atomic E-state index is -4.76. The zero-order chi connectivity index (χ0) is 32.5. The van der Waals surface area contributed by atoms with Gasteiger partial charge in [-0.3, -0.25) is 9.69 Å². The number of halogens is 3. The molecule has 0 bridgehead atoms. The smallest absolute Gasteiger partial charge is 0.406 e. The van der Waals surface area contributed by atoms with E-state index in [0.29, 0.717) is 16.7 Å². The number of amidine groups is 1. The molecule has 2 heterocycles. The summed E-state index contributed by atoms with van der Waals surface area (Å²) < 4.78 is 42.7. The number of rotatable bonds is 7. The largest absolute Gasteiger partial charge is 0.573 e. The van der Waals surface area contributed by atoms with Gasteiger partial charge in [-0.05, 0) is 68.7 Å². The number of aliphatic imine (C=N–C) groups is 1. The fourth-order valence-electron chi connectivity index (χ4n) is 5.17. The zero-order valence-electron chi connectivity index (χ0n) is 25.2. The van der Waals surface area contributed by atoms with Gasteiger partial charge in [-0.1, -0.05) is 60.6 Å². The van der Waals surface area contributed by atoms with Crippen LogP contribution in [-0.4, -0.2) is 50.0 Å². The molecular formula is C32H31F3N6O3S. The molecule has 234 valence electrons. The van der Waals surface area contributed by atoms with E-state index >= 15 is 0 Å². The Morgan fingerprint density at radius 3 is 2.29 bits per heavy atom. The van der Waals surface area contributed by atoms with Crippen molar-refractivity contribution in [1.82, 2.24) is 20.1 Å². The van der Waals surface area contributed by atoms with E-state index in [-0.39, 0.29) is 29.4 Å². The lowest BCUT2D eigenvalue weighted by molar-refractivity contribution is -0.274. The van der Waals surface area contributed by atoms with Gasteiger partial charge >= 0.3 is 12.4 Å². The summed E-state index contributed by atoms with van der Waals surface area (Å²) in [6, 6.07) is 16.1. The van der Waals surface area contributed by atoms with E-state index in [1.165, 1.54) is 51.9 Å². The van der Waals surface area contributed by atoms with Gasteiger partial charge in [0, 0.05) is 17.5 Å². The molecule has 45 heavy (non-hydrogen) atoms. The fraction of sp³-hybridized carbons (Fsp3) is 0.281. The molecule has 13 heteroatoms. The zero-order valence-corrected chi connectivity index (χ0v) is 26.0. The first kappa shape index (κ1) is 31.8. The lowest BCUT2D eigenvalue weighted by Crippen LogP contribution is -2.36. The predicted octanol–water partition coefficient (Wildman–Crippen LogP) is 7.10. The molecule has 5 rings (SSSR count). The Bertz CT molecular complexity index is 1730. The molecule has 1 aromatic heterocycles. The van der Waals surface area contributed by atoms with Gasteiger partial charge in [-0.15, -0.1) is 18.3 Å². The topological polar surface area (TPSA) is 102 Å². The van der Waals surface area contributed by atoms with Crippen molar-refractivity contribution in [2.75, 3.05) is 10.7 Å². The maximum atomic E-state index is 13.0. The summed E-state index contributed by atoms with van der Waals surface area (Å²) in [5.41, 5.74) is 5.98. The number of alkyl halides is 3. The number of aromatic nitrogens is 3. The lowest BCUT2D eigenvalue weighted by Gasteiger charge is -2.23. The fourth-order valence-corrected chi connectivity index (χ4v) is 6.02. The normalized spacial score (nSPS) is 15.8. The summed E-state index contributed by atoms with van der Waals surface area (Å²) in [5.74, 6) is 0.149. The number of nitrogens with zero attached hydrogens (tertiary/aromatic N) is 5. The maximum Gasteiger partial charge on any atom is 0.573 e. The van der Waals surface area contributed by atoms with Gasteiger partial charge < -0.3 is 10.1 Å². The van der Waals surface area contributed by atoms with Gasteiger partial charge in [-0.25, -0.2) is 14.5 Å². The van der Waals surface area contributed by atoms with Crippen LogP contribution in [0.1, 0.15) is 42.0 Å². The minimum absolute atomic E-state index is 0.0679. The summed E-state index contributed by atoms with van der Waals surface area (Å²) in [6.45, 7) is 9.77. The Balaban J connectivity index is 1.23. The third-order valence-corrected chi connectivity index (χ3v) is 8.37. The predicted molar refractivity (Wildman–Crippen MR) is 168 cm³/mol. The third kappa shape index (κ3) is 7.36. The standard InChI is InChI=1S/C32H31F3N6O3S/c1-18-14-19(2)28(20(3)15-18)41-27(42)16-45-31(41)38-30(43)37-22(5)21(4)23-6-8-24(9-7-23)29-36-17-40(39-29)25-10-12-26(13-11-25)44-32(33,34)35/h6-15,17,21-22H,16H2,1-5H3,(H,37,43)/b38-31-. The number of benzene rings is 3. The van der Waals surface area contributed by atoms with E-state index in [9.17, 15) is 22.8 Å². The molecule has 1 saturated heterocycles. The minimum Gasteiger partial charge on any atom is -0.406 e. The summed E-state index contributed by atoms with van der Waals surface area (Å²) in [7, 11) is 0. The van der Waals surface area contributed by atoms with E-state index in [2.05, 4.69) is 25.1 Å². The molecule has 1 fully saturated rings. The average Bonchev–Trinajstić information content (AvgIpc) is 3.59. The molecule has 3 amide bonds. The molecule has 0 aliphatic carbocycles. The van der Waals surface area contributed by atoms with Crippen LogP contribution in [-0.2, 0) is 4.79 Å². The lowest BCUT2D eigenvalue weighted by atomic mass is 9.93. The van der Waals surface area contributed by atoms with Crippen LogP contribution in [0.4, 0.5) is 23.7 Å². The first-order chi connectivity index (χ1) is 21.3. The Morgan fingerprint density at radius 1 is 1.02 bits per heavy atom. The van der Waals surface area contributed by atoms with Crippen molar-refractivity contribution in [1.29, 1.82) is 0 Å².